The van der Waals surface area contributed by atoms with Crippen molar-refractivity contribution in [2.24, 2.45) is 0 Å². The predicted octanol–water partition coefficient (Wildman–Crippen LogP) is 3.48. The van der Waals surface area contributed by atoms with Crippen molar-refractivity contribution in [3.05, 3.63) is 98.6 Å². The molecule has 0 amide bonds. The molecule has 0 aliphatic carbocycles. The number of aromatic nitrogens is 5. The molecule has 1 N–H and O–H groups in total. The maximum Gasteiger partial charge on any atom is 0.275 e. The van der Waals surface area contributed by atoms with Gasteiger partial charge < -0.3 is 9.72 Å². The van der Waals surface area contributed by atoms with Gasteiger partial charge in [-0.05, 0) is 53.1 Å². The number of halogens is 1. The van der Waals surface area contributed by atoms with Crippen LogP contribution in [0.4, 0.5) is 0 Å². The molecule has 0 unspecified atom stereocenters. The second-order valence-electron chi connectivity index (χ2n) is 6.41. The lowest BCUT2D eigenvalue weighted by molar-refractivity contribution is 0.303. The number of hydrogen-bond donors (Lipinski definition) is 1. The third kappa shape index (κ3) is 4.78. The summed E-state index contributed by atoms with van der Waals surface area (Å²) in [5, 5.41) is 12.4. The van der Waals surface area contributed by atoms with E-state index in [0.717, 1.165) is 21.3 Å². The number of benzene rings is 2. The molecule has 0 atom stereocenters. The van der Waals surface area contributed by atoms with Gasteiger partial charge in [-0.25, -0.2) is 0 Å². The topological polar surface area (TPSA) is 85.7 Å². The molecule has 2 heterocycles. The molecule has 146 valence electrons. The number of tetrazole rings is 1. The van der Waals surface area contributed by atoms with Gasteiger partial charge in [0.05, 0.1) is 0 Å². The van der Waals surface area contributed by atoms with Crippen LogP contribution in [0.15, 0.2) is 76.1 Å². The summed E-state index contributed by atoms with van der Waals surface area (Å²) < 4.78 is 7.01. The van der Waals surface area contributed by atoms with E-state index in [2.05, 4.69) is 36.3 Å². The highest BCUT2D eigenvalue weighted by Gasteiger charge is 2.11. The molecule has 0 fully saturated rings. The van der Waals surface area contributed by atoms with Crippen LogP contribution in [0.3, 0.4) is 0 Å². The minimum Gasteiger partial charge on any atom is -0.489 e. The summed E-state index contributed by atoms with van der Waals surface area (Å²) in [5.74, 6) is 1.38. The first-order valence-corrected chi connectivity index (χ1v) is 9.90. The van der Waals surface area contributed by atoms with E-state index in [4.69, 9.17) is 4.74 Å². The van der Waals surface area contributed by atoms with Crippen molar-refractivity contribution in [1.82, 2.24) is 25.2 Å². The van der Waals surface area contributed by atoms with Crippen LogP contribution in [0.1, 0.15) is 17.0 Å². The van der Waals surface area contributed by atoms with Gasteiger partial charge in [0.25, 0.3) is 5.56 Å². The van der Waals surface area contributed by atoms with Crippen molar-refractivity contribution in [2.45, 2.75) is 19.4 Å². The van der Waals surface area contributed by atoms with E-state index in [9.17, 15) is 4.79 Å². The van der Waals surface area contributed by atoms with Crippen LogP contribution in [-0.2, 0) is 19.4 Å². The third-order valence-electron chi connectivity index (χ3n) is 4.35. The van der Waals surface area contributed by atoms with E-state index < -0.39 is 0 Å². The van der Waals surface area contributed by atoms with E-state index in [1.807, 2.05) is 48.5 Å². The summed E-state index contributed by atoms with van der Waals surface area (Å²) in [5.41, 5.74) is 2.23. The fourth-order valence-corrected chi connectivity index (χ4v) is 3.29. The van der Waals surface area contributed by atoms with E-state index in [1.165, 1.54) is 4.80 Å². The van der Waals surface area contributed by atoms with Crippen molar-refractivity contribution in [2.75, 3.05) is 0 Å². The van der Waals surface area contributed by atoms with Crippen LogP contribution in [0, 0.1) is 0 Å². The molecule has 0 saturated carbocycles. The maximum atomic E-state index is 11.9. The lowest BCUT2D eigenvalue weighted by Crippen LogP contribution is -2.15. The maximum absolute atomic E-state index is 11.9. The van der Waals surface area contributed by atoms with E-state index in [0.29, 0.717) is 31.0 Å². The summed E-state index contributed by atoms with van der Waals surface area (Å²) in [6.45, 7) is 0.501. The summed E-state index contributed by atoms with van der Waals surface area (Å²) in [6.07, 6.45) is 2.82. The Bertz CT molecular complexity index is 1160. The second-order valence-corrected chi connectivity index (χ2v) is 7.32. The fourth-order valence-electron chi connectivity index (χ4n) is 2.88. The minimum atomic E-state index is -0.264. The zero-order chi connectivity index (χ0) is 20.1. The minimum absolute atomic E-state index is 0.264. The smallest absolute Gasteiger partial charge is 0.275 e. The fraction of sp³-hybridized carbons (Fsp3) is 0.143. The first-order valence-electron chi connectivity index (χ1n) is 9.11. The van der Waals surface area contributed by atoms with Gasteiger partial charge in [0.1, 0.15) is 12.4 Å². The second kappa shape index (κ2) is 8.83. The Morgan fingerprint density at radius 1 is 1.03 bits per heavy atom. The summed E-state index contributed by atoms with van der Waals surface area (Å²) >= 11 is 3.52. The van der Waals surface area contributed by atoms with Crippen molar-refractivity contribution >= 4 is 15.9 Å². The lowest BCUT2D eigenvalue weighted by Gasteiger charge is -2.12. The summed E-state index contributed by atoms with van der Waals surface area (Å²) in [4.78, 5) is 15.7. The number of nitrogens with one attached hydrogen (secondary N) is 1. The first-order chi connectivity index (χ1) is 14.2. The normalized spacial score (nSPS) is 10.8. The number of aromatic amines is 1. The Kier molecular flexibility index (Phi) is 5.81. The molecular formula is C21H18BrN5O2. The molecule has 0 aliphatic heterocycles. The number of rotatable bonds is 7. The number of pyridine rings is 1. The van der Waals surface area contributed by atoms with Crippen LogP contribution in [0.5, 0.6) is 5.75 Å². The molecule has 7 nitrogen and oxygen atoms in total. The Labute approximate surface area is 175 Å². The Morgan fingerprint density at radius 3 is 2.72 bits per heavy atom. The molecule has 4 aromatic rings. The molecule has 0 aliphatic rings. The SMILES string of the molecule is O=c1[nH]cccc1-n1nnc(CCc2cc(Br)ccc2OCc2ccccc2)n1. The quantitative estimate of drug-likeness (QED) is 0.464. The van der Waals surface area contributed by atoms with Crippen molar-refractivity contribution < 1.29 is 4.74 Å². The van der Waals surface area contributed by atoms with Gasteiger partial charge in [0.2, 0.25) is 0 Å². The number of H-pyrrole nitrogens is 1. The van der Waals surface area contributed by atoms with E-state index >= 15 is 0 Å². The Hall–Kier alpha value is -3.26. The first kappa shape index (κ1) is 19.1. The highest BCUT2D eigenvalue weighted by atomic mass is 79.9. The van der Waals surface area contributed by atoms with Crippen LogP contribution in [0.2, 0.25) is 0 Å². The summed E-state index contributed by atoms with van der Waals surface area (Å²) in [7, 11) is 0. The van der Waals surface area contributed by atoms with Gasteiger partial charge >= 0.3 is 0 Å². The molecule has 0 saturated heterocycles. The Morgan fingerprint density at radius 2 is 1.90 bits per heavy atom. The Balaban J connectivity index is 1.46. The lowest BCUT2D eigenvalue weighted by atomic mass is 10.1. The average Bonchev–Trinajstić information content (AvgIpc) is 3.21. The average molecular weight is 452 g/mol. The zero-order valence-corrected chi connectivity index (χ0v) is 17.0. The molecule has 8 heteroatoms. The highest BCUT2D eigenvalue weighted by molar-refractivity contribution is 9.10. The standard InChI is InChI=1S/C21H18BrN5O2/c22-17-9-10-19(29-14-15-5-2-1-3-6-15)16(13-17)8-11-20-24-26-27(25-20)18-7-4-12-23-21(18)28/h1-7,9-10,12-13H,8,11,14H2,(H,23,28). The number of aryl methyl sites for hydroxylation is 2. The van der Waals surface area contributed by atoms with E-state index in [-0.39, 0.29) is 5.56 Å². The van der Waals surface area contributed by atoms with Crippen molar-refractivity contribution in [1.29, 1.82) is 0 Å². The monoisotopic (exact) mass is 451 g/mol. The highest BCUT2D eigenvalue weighted by Crippen LogP contribution is 2.25. The molecule has 29 heavy (non-hydrogen) atoms. The van der Waals surface area contributed by atoms with Crippen molar-refractivity contribution in [3.63, 3.8) is 0 Å². The summed E-state index contributed by atoms with van der Waals surface area (Å²) in [6, 6.07) is 19.4. The van der Waals surface area contributed by atoms with Gasteiger partial charge in [-0.3, -0.25) is 4.79 Å². The number of ether oxygens (including phenoxy) is 1. The van der Waals surface area contributed by atoms with Crippen molar-refractivity contribution in [3.8, 4) is 11.4 Å². The molecule has 4 rings (SSSR count). The number of nitrogens with zero attached hydrogens (tertiary/aromatic N) is 4. The third-order valence-corrected chi connectivity index (χ3v) is 4.84. The van der Waals surface area contributed by atoms with Crippen LogP contribution < -0.4 is 10.3 Å². The molecule has 2 aromatic heterocycles. The predicted molar refractivity (Wildman–Crippen MR) is 112 cm³/mol. The van der Waals surface area contributed by atoms with Gasteiger partial charge in [-0.2, -0.15) is 0 Å². The van der Waals surface area contributed by atoms with Gasteiger partial charge in [-0.15, -0.1) is 15.0 Å². The molecular weight excluding hydrogens is 434 g/mol. The zero-order valence-electron chi connectivity index (χ0n) is 15.5. The molecule has 0 bridgehead atoms. The van der Waals surface area contributed by atoms with E-state index in [1.54, 1.807) is 18.3 Å². The molecule has 2 aromatic carbocycles. The molecule has 0 radical (unpaired) electrons. The van der Waals surface area contributed by atoms with Gasteiger partial charge in [-0.1, -0.05) is 46.3 Å². The van der Waals surface area contributed by atoms with Gasteiger partial charge in [0.15, 0.2) is 11.5 Å². The number of hydrogen-bond acceptors (Lipinski definition) is 5. The van der Waals surface area contributed by atoms with Gasteiger partial charge in [0, 0.05) is 17.1 Å². The van der Waals surface area contributed by atoms with Crippen LogP contribution in [-0.4, -0.2) is 25.2 Å². The van der Waals surface area contributed by atoms with Crippen LogP contribution in [0.25, 0.3) is 5.69 Å². The van der Waals surface area contributed by atoms with Crippen LogP contribution >= 0.6 is 15.9 Å². The molecule has 0 spiro atoms. The largest absolute Gasteiger partial charge is 0.489 e.